The van der Waals surface area contributed by atoms with E-state index >= 15 is 0 Å². The lowest BCUT2D eigenvalue weighted by Gasteiger charge is -2.14. The van der Waals surface area contributed by atoms with E-state index in [1.807, 2.05) is 0 Å². The van der Waals surface area contributed by atoms with E-state index in [9.17, 15) is 22.0 Å². The molecule has 0 aromatic heterocycles. The summed E-state index contributed by atoms with van der Waals surface area (Å²) in [6, 6.07) is 1.37. The molecule has 1 aromatic rings. The second-order valence-electron chi connectivity index (χ2n) is 3.07. The minimum Gasteiger partial charge on any atom is -0.325 e. The van der Waals surface area contributed by atoms with Crippen molar-refractivity contribution in [2.75, 3.05) is 6.54 Å². The molecule has 0 saturated heterocycles. The first-order chi connectivity index (χ1) is 6.87. The summed E-state index contributed by atoms with van der Waals surface area (Å²) in [5.41, 5.74) is 4.14. The Morgan fingerprint density at radius 3 is 2.20 bits per heavy atom. The van der Waals surface area contributed by atoms with Crippen LogP contribution < -0.4 is 5.73 Å². The third-order valence-electron chi connectivity index (χ3n) is 1.86. The number of halogens is 5. The molecule has 0 amide bonds. The molecule has 0 radical (unpaired) electrons. The normalized spacial score (nSPS) is 11.9. The molecule has 0 atom stereocenters. The lowest BCUT2D eigenvalue weighted by molar-refractivity contribution is 0.0105. The van der Waals surface area contributed by atoms with Crippen LogP contribution in [0.25, 0.3) is 0 Å². The van der Waals surface area contributed by atoms with Gasteiger partial charge < -0.3 is 5.73 Å². The maximum absolute atomic E-state index is 12.9. The summed E-state index contributed by atoms with van der Waals surface area (Å²) in [5, 5.41) is 0. The van der Waals surface area contributed by atoms with Crippen LogP contribution in [-0.2, 0) is 6.42 Å². The molecular formula is C9H8F5N. The number of hydrogen-bond acceptors (Lipinski definition) is 1. The summed E-state index contributed by atoms with van der Waals surface area (Å²) in [7, 11) is 0. The number of benzene rings is 1. The van der Waals surface area contributed by atoms with E-state index in [1.54, 1.807) is 0 Å². The van der Waals surface area contributed by atoms with Gasteiger partial charge in [0.05, 0.1) is 6.54 Å². The molecule has 15 heavy (non-hydrogen) atoms. The van der Waals surface area contributed by atoms with E-state index < -0.39 is 41.9 Å². The molecule has 6 heteroatoms. The van der Waals surface area contributed by atoms with Crippen LogP contribution in [0.5, 0.6) is 0 Å². The topological polar surface area (TPSA) is 26.0 Å². The number of nitrogens with two attached hydrogens (primary N) is 1. The van der Waals surface area contributed by atoms with Gasteiger partial charge in [0, 0.05) is 6.42 Å². The molecule has 84 valence electrons. The van der Waals surface area contributed by atoms with Gasteiger partial charge in [-0.25, -0.2) is 22.0 Å². The Kier molecular flexibility index (Phi) is 3.28. The van der Waals surface area contributed by atoms with E-state index in [0.29, 0.717) is 6.07 Å². The highest BCUT2D eigenvalue weighted by molar-refractivity contribution is 5.21. The predicted octanol–water partition coefficient (Wildman–Crippen LogP) is 2.24. The van der Waals surface area contributed by atoms with Crippen LogP contribution in [0, 0.1) is 17.5 Å². The molecule has 1 rings (SSSR count). The fraction of sp³-hybridized carbons (Fsp3) is 0.333. The fourth-order valence-corrected chi connectivity index (χ4v) is 1.05. The van der Waals surface area contributed by atoms with Gasteiger partial charge in [-0.05, 0) is 11.6 Å². The molecule has 0 spiro atoms. The summed E-state index contributed by atoms with van der Waals surface area (Å²) in [4.78, 5) is 0. The van der Waals surface area contributed by atoms with Gasteiger partial charge in [0.2, 0.25) is 0 Å². The Morgan fingerprint density at radius 1 is 1.07 bits per heavy atom. The molecular weight excluding hydrogens is 217 g/mol. The van der Waals surface area contributed by atoms with Crippen LogP contribution in [0.1, 0.15) is 5.56 Å². The molecule has 0 fully saturated rings. The van der Waals surface area contributed by atoms with Crippen LogP contribution in [-0.4, -0.2) is 12.5 Å². The minimum atomic E-state index is -3.33. The lowest BCUT2D eigenvalue weighted by Crippen LogP contribution is -2.30. The summed E-state index contributed by atoms with van der Waals surface area (Å²) < 4.78 is 63.5. The van der Waals surface area contributed by atoms with E-state index in [0.717, 1.165) is 6.07 Å². The van der Waals surface area contributed by atoms with Gasteiger partial charge >= 0.3 is 0 Å². The third kappa shape index (κ3) is 2.65. The largest absolute Gasteiger partial charge is 0.325 e. The zero-order valence-corrected chi connectivity index (χ0v) is 7.54. The predicted molar refractivity (Wildman–Crippen MR) is 44.0 cm³/mol. The molecule has 0 saturated carbocycles. The van der Waals surface area contributed by atoms with Gasteiger partial charge in [0.1, 0.15) is 0 Å². The maximum Gasteiger partial charge on any atom is 0.264 e. The fourth-order valence-electron chi connectivity index (χ4n) is 1.05. The van der Waals surface area contributed by atoms with Crippen LogP contribution >= 0.6 is 0 Å². The van der Waals surface area contributed by atoms with Crippen molar-refractivity contribution in [1.29, 1.82) is 0 Å². The van der Waals surface area contributed by atoms with E-state index in [2.05, 4.69) is 0 Å². The first-order valence-electron chi connectivity index (χ1n) is 4.07. The monoisotopic (exact) mass is 225 g/mol. The first-order valence-corrected chi connectivity index (χ1v) is 4.07. The van der Waals surface area contributed by atoms with E-state index in [1.165, 1.54) is 0 Å². The van der Waals surface area contributed by atoms with E-state index in [4.69, 9.17) is 5.73 Å². The summed E-state index contributed by atoms with van der Waals surface area (Å²) in [5.74, 6) is -8.08. The van der Waals surface area contributed by atoms with Crippen LogP contribution in [0.4, 0.5) is 22.0 Å². The number of rotatable bonds is 3. The summed E-state index contributed by atoms with van der Waals surface area (Å²) in [6.45, 7) is -0.981. The average molecular weight is 225 g/mol. The molecule has 0 unspecified atom stereocenters. The third-order valence-corrected chi connectivity index (χ3v) is 1.86. The van der Waals surface area contributed by atoms with Crippen molar-refractivity contribution in [1.82, 2.24) is 0 Å². The van der Waals surface area contributed by atoms with Crippen LogP contribution in [0.2, 0.25) is 0 Å². The lowest BCUT2D eigenvalue weighted by atomic mass is 10.1. The van der Waals surface area contributed by atoms with Crippen molar-refractivity contribution in [3.05, 3.63) is 35.1 Å². The smallest absolute Gasteiger partial charge is 0.264 e. The number of hydrogen-bond donors (Lipinski definition) is 1. The van der Waals surface area contributed by atoms with Crippen LogP contribution in [0.3, 0.4) is 0 Å². The Hall–Kier alpha value is -1.17. The molecule has 0 aliphatic heterocycles. The van der Waals surface area contributed by atoms with Gasteiger partial charge in [-0.15, -0.1) is 0 Å². The van der Waals surface area contributed by atoms with Crippen molar-refractivity contribution < 1.29 is 22.0 Å². The van der Waals surface area contributed by atoms with Crippen molar-refractivity contribution in [3.8, 4) is 0 Å². The summed E-state index contributed by atoms with van der Waals surface area (Å²) >= 11 is 0. The first kappa shape index (κ1) is 11.9. The quantitative estimate of drug-likeness (QED) is 0.619. The van der Waals surface area contributed by atoms with Crippen molar-refractivity contribution in [2.45, 2.75) is 12.3 Å². The highest BCUT2D eigenvalue weighted by Crippen LogP contribution is 2.23. The Bertz CT molecular complexity index is 364. The van der Waals surface area contributed by atoms with Gasteiger partial charge in [-0.3, -0.25) is 0 Å². The highest BCUT2D eigenvalue weighted by Gasteiger charge is 2.29. The maximum atomic E-state index is 12.9. The van der Waals surface area contributed by atoms with Gasteiger partial charge in [0.15, 0.2) is 17.5 Å². The standard InChI is InChI=1S/C9H8F5N/c10-6-2-1-5(7(11)8(6)12)3-9(13,14)4-15/h1-2H,3-4,15H2. The minimum absolute atomic E-state index is 0.593. The molecule has 0 aliphatic carbocycles. The Balaban J connectivity index is 3.02. The van der Waals surface area contributed by atoms with Gasteiger partial charge in [0.25, 0.3) is 5.92 Å². The second-order valence-corrected chi connectivity index (χ2v) is 3.07. The Labute approximate surface area is 82.7 Å². The zero-order chi connectivity index (χ0) is 11.6. The van der Waals surface area contributed by atoms with Crippen molar-refractivity contribution >= 4 is 0 Å². The number of alkyl halides is 2. The van der Waals surface area contributed by atoms with Crippen LogP contribution in [0.15, 0.2) is 12.1 Å². The second kappa shape index (κ2) is 4.14. The summed E-state index contributed by atoms with van der Waals surface area (Å²) in [6.07, 6.45) is -1.05. The van der Waals surface area contributed by atoms with E-state index in [-0.39, 0.29) is 0 Å². The molecule has 0 heterocycles. The molecule has 0 aliphatic rings. The van der Waals surface area contributed by atoms with Crippen molar-refractivity contribution in [2.24, 2.45) is 5.73 Å². The Morgan fingerprint density at radius 2 is 1.67 bits per heavy atom. The molecule has 1 aromatic carbocycles. The molecule has 2 N–H and O–H groups in total. The average Bonchev–Trinajstić information content (AvgIpc) is 2.19. The van der Waals surface area contributed by atoms with Gasteiger partial charge in [-0.2, -0.15) is 0 Å². The SMILES string of the molecule is NCC(F)(F)Cc1ccc(F)c(F)c1F. The van der Waals surface area contributed by atoms with Crippen molar-refractivity contribution in [3.63, 3.8) is 0 Å². The zero-order valence-electron chi connectivity index (χ0n) is 7.54. The highest BCUT2D eigenvalue weighted by atomic mass is 19.3. The molecule has 1 nitrogen and oxygen atoms in total. The van der Waals surface area contributed by atoms with Gasteiger partial charge in [-0.1, -0.05) is 6.07 Å². The molecule has 0 bridgehead atoms.